The maximum absolute atomic E-state index is 2.48. The second kappa shape index (κ2) is 15.5. The molecule has 0 saturated carbocycles. The van der Waals surface area contributed by atoms with Crippen molar-refractivity contribution in [2.75, 3.05) is 9.80 Å². The van der Waals surface area contributed by atoms with E-state index in [4.69, 9.17) is 0 Å². The van der Waals surface area contributed by atoms with Gasteiger partial charge in [0, 0.05) is 50.5 Å². The first kappa shape index (κ1) is 37.4. The smallest absolute Gasteiger partial charge is 0.0715 e. The molecule has 64 heavy (non-hydrogen) atoms. The summed E-state index contributed by atoms with van der Waals surface area (Å²) in [5.41, 5.74) is 16.6. The molecule has 11 aromatic rings. The van der Waals surface area contributed by atoms with Crippen LogP contribution in [0.4, 0.5) is 34.1 Å². The van der Waals surface area contributed by atoms with Crippen molar-refractivity contribution in [3.05, 3.63) is 283 Å². The zero-order valence-electron chi connectivity index (χ0n) is 35.2. The quantitative estimate of drug-likeness (QED) is 0.144. The second-order valence-electron chi connectivity index (χ2n) is 16.5. The molecule has 0 fully saturated rings. The van der Waals surface area contributed by atoms with Crippen LogP contribution in [0.25, 0.3) is 38.6 Å². The molecule has 302 valence electrons. The van der Waals surface area contributed by atoms with Crippen molar-refractivity contribution in [3.63, 3.8) is 0 Å². The molecule has 0 spiro atoms. The van der Waals surface area contributed by atoms with Gasteiger partial charge in [-0.05, 0) is 113 Å². The molecule has 3 nitrogen and oxygen atoms in total. The average molecular weight is 818 g/mol. The highest BCUT2D eigenvalue weighted by Crippen LogP contribution is 2.61. The van der Waals surface area contributed by atoms with E-state index in [9.17, 15) is 0 Å². The molecule has 10 aromatic carbocycles. The molecule has 0 aliphatic heterocycles. The van der Waals surface area contributed by atoms with Gasteiger partial charge in [-0.1, -0.05) is 176 Å². The van der Waals surface area contributed by atoms with Gasteiger partial charge in [0.15, 0.2) is 0 Å². The molecule has 1 atom stereocenters. The van der Waals surface area contributed by atoms with E-state index in [-0.39, 0.29) is 0 Å². The molecule has 1 aliphatic carbocycles. The lowest BCUT2D eigenvalue weighted by atomic mass is 9.67. The Labute approximate surface area is 374 Å². The van der Waals surface area contributed by atoms with Crippen molar-refractivity contribution in [3.8, 4) is 16.8 Å². The number of hydrogen-bond acceptors (Lipinski definition) is 2. The topological polar surface area (TPSA) is 11.4 Å². The van der Waals surface area contributed by atoms with Crippen LogP contribution in [0, 0.1) is 0 Å². The molecule has 12 rings (SSSR count). The molecule has 3 heteroatoms. The van der Waals surface area contributed by atoms with Crippen molar-refractivity contribution in [2.24, 2.45) is 0 Å². The maximum Gasteiger partial charge on any atom is 0.0715 e. The third-order valence-electron chi connectivity index (χ3n) is 13.0. The minimum absolute atomic E-state index is 0.717. The molecule has 1 aromatic heterocycles. The van der Waals surface area contributed by atoms with Gasteiger partial charge in [0.05, 0.1) is 22.1 Å². The molecule has 1 aliphatic rings. The summed E-state index contributed by atoms with van der Waals surface area (Å²) in [5.74, 6) is 0. The van der Waals surface area contributed by atoms with Gasteiger partial charge in [0.25, 0.3) is 0 Å². The number of anilines is 6. The molecular formula is C61H43N3. The summed E-state index contributed by atoms with van der Waals surface area (Å²) in [6.07, 6.45) is 0. The van der Waals surface area contributed by atoms with Crippen LogP contribution in [0.2, 0.25) is 0 Å². The highest BCUT2D eigenvalue weighted by Gasteiger charge is 2.48. The minimum atomic E-state index is -0.717. The Morgan fingerprint density at radius 1 is 0.312 bits per heavy atom. The highest BCUT2D eigenvalue weighted by molar-refractivity contribution is 6.09. The number of aromatic nitrogens is 1. The Morgan fingerprint density at radius 3 is 1.33 bits per heavy atom. The molecule has 0 bridgehead atoms. The third kappa shape index (κ3) is 5.90. The lowest BCUT2D eigenvalue weighted by Gasteiger charge is -2.36. The molecule has 0 N–H and O–H groups in total. The molecule has 0 radical (unpaired) electrons. The van der Waals surface area contributed by atoms with Crippen LogP contribution < -0.4 is 9.80 Å². The number of hydrogen-bond donors (Lipinski definition) is 0. The largest absolute Gasteiger partial charge is 0.310 e. The van der Waals surface area contributed by atoms with Gasteiger partial charge in [-0.2, -0.15) is 0 Å². The second-order valence-corrected chi connectivity index (χ2v) is 16.5. The molecular weight excluding hydrogens is 775 g/mol. The summed E-state index contributed by atoms with van der Waals surface area (Å²) in [5, 5.41) is 2.49. The van der Waals surface area contributed by atoms with E-state index >= 15 is 0 Å². The molecule has 0 saturated heterocycles. The third-order valence-corrected chi connectivity index (χ3v) is 13.0. The van der Waals surface area contributed by atoms with Crippen LogP contribution in [0.3, 0.4) is 0 Å². The van der Waals surface area contributed by atoms with Crippen molar-refractivity contribution >= 4 is 55.9 Å². The van der Waals surface area contributed by atoms with E-state index in [1.165, 1.54) is 55.2 Å². The van der Waals surface area contributed by atoms with E-state index < -0.39 is 5.41 Å². The SMILES string of the molecule is c1ccc(N(c2ccccc2)c2cc(N(c3ccccc3)c3ccccc3)c3c(c2)C(c2ccccc2)(c2cccc(-n4c5ccccc5c5ccccc54)c2)c2ccccc2-3)cc1. The van der Waals surface area contributed by atoms with Gasteiger partial charge < -0.3 is 14.4 Å². The zero-order chi connectivity index (χ0) is 42.5. The van der Waals surface area contributed by atoms with Gasteiger partial charge in [-0.15, -0.1) is 0 Å². The highest BCUT2D eigenvalue weighted by atomic mass is 15.2. The minimum Gasteiger partial charge on any atom is -0.310 e. The summed E-state index contributed by atoms with van der Waals surface area (Å²) < 4.78 is 2.44. The molecule has 0 amide bonds. The van der Waals surface area contributed by atoms with Crippen molar-refractivity contribution in [1.29, 1.82) is 0 Å². The van der Waals surface area contributed by atoms with Gasteiger partial charge >= 0.3 is 0 Å². The monoisotopic (exact) mass is 817 g/mol. The Bertz CT molecular complexity index is 3300. The van der Waals surface area contributed by atoms with Gasteiger partial charge in [-0.3, -0.25) is 0 Å². The van der Waals surface area contributed by atoms with Crippen molar-refractivity contribution in [1.82, 2.24) is 4.57 Å². The summed E-state index contributed by atoms with van der Waals surface area (Å²) in [6, 6.07) is 95.2. The fourth-order valence-electron chi connectivity index (χ4n) is 10.4. The van der Waals surface area contributed by atoms with E-state index in [0.717, 1.165) is 39.8 Å². The number of rotatable bonds is 9. The number of para-hydroxylation sites is 6. The van der Waals surface area contributed by atoms with Crippen LogP contribution >= 0.6 is 0 Å². The van der Waals surface area contributed by atoms with Crippen molar-refractivity contribution < 1.29 is 0 Å². The average Bonchev–Trinajstić information content (AvgIpc) is 3.87. The summed E-state index contributed by atoms with van der Waals surface area (Å²) in [6.45, 7) is 0. The standard InChI is InChI=1S/C61H43N3/c1-6-23-44(24-7-1)61(45-25-22-34-50(41-45)64-57-39-20-17-35-52(57)53-36-18-21-40-58(53)64)55-38-19-16-37-54(55)60-56(61)42-51(62(46-26-8-2-9-27-46)47-28-10-3-11-29-47)43-59(60)63(48-30-12-4-13-31-48)49-32-14-5-15-33-49/h1-43H. The van der Waals surface area contributed by atoms with Gasteiger partial charge in [-0.25, -0.2) is 0 Å². The first-order valence-corrected chi connectivity index (χ1v) is 22.0. The van der Waals surface area contributed by atoms with E-state index in [2.05, 4.69) is 275 Å². The first-order valence-electron chi connectivity index (χ1n) is 22.0. The maximum atomic E-state index is 2.48. The number of nitrogens with zero attached hydrogens (tertiary/aromatic N) is 3. The predicted octanol–water partition coefficient (Wildman–Crippen LogP) is 16.1. The fourth-order valence-corrected chi connectivity index (χ4v) is 10.4. The van der Waals surface area contributed by atoms with Gasteiger partial charge in [0.2, 0.25) is 0 Å². The lowest BCUT2D eigenvalue weighted by Crippen LogP contribution is -2.29. The molecule has 1 unspecified atom stereocenters. The predicted molar refractivity (Wildman–Crippen MR) is 267 cm³/mol. The van der Waals surface area contributed by atoms with Gasteiger partial charge in [0.1, 0.15) is 0 Å². The van der Waals surface area contributed by atoms with Crippen molar-refractivity contribution in [2.45, 2.75) is 5.41 Å². The Hall–Kier alpha value is -8.40. The lowest BCUT2D eigenvalue weighted by molar-refractivity contribution is 0.767. The van der Waals surface area contributed by atoms with E-state index in [1.54, 1.807) is 0 Å². The van der Waals surface area contributed by atoms with Crippen LogP contribution in [-0.4, -0.2) is 4.57 Å². The van der Waals surface area contributed by atoms with Crippen LogP contribution in [0.5, 0.6) is 0 Å². The normalized spacial score (nSPS) is 14.0. The summed E-state index contributed by atoms with van der Waals surface area (Å²) in [7, 11) is 0. The Kier molecular flexibility index (Phi) is 9.05. The van der Waals surface area contributed by atoms with Crippen LogP contribution in [0.15, 0.2) is 261 Å². The Morgan fingerprint density at radius 2 is 0.766 bits per heavy atom. The summed E-state index contributed by atoms with van der Waals surface area (Å²) in [4.78, 5) is 4.86. The summed E-state index contributed by atoms with van der Waals surface area (Å²) >= 11 is 0. The number of fused-ring (bicyclic) bond motifs is 6. The molecule has 1 heterocycles. The zero-order valence-corrected chi connectivity index (χ0v) is 35.2. The number of benzene rings is 10. The fraction of sp³-hybridized carbons (Fsp3) is 0.0164. The van der Waals surface area contributed by atoms with E-state index in [1.807, 2.05) is 0 Å². The van der Waals surface area contributed by atoms with Crippen LogP contribution in [-0.2, 0) is 5.41 Å². The Balaban J connectivity index is 1.23. The first-order chi connectivity index (χ1) is 31.8. The van der Waals surface area contributed by atoms with Crippen LogP contribution in [0.1, 0.15) is 22.3 Å². The van der Waals surface area contributed by atoms with E-state index in [0.29, 0.717) is 0 Å².